The highest BCUT2D eigenvalue weighted by molar-refractivity contribution is 5.63. The SMILES string of the molecule is O=CCC1CNc2ccc(OCCCC3CCCNC3)cc21. The summed E-state index contributed by atoms with van der Waals surface area (Å²) in [7, 11) is 0. The Morgan fingerprint density at radius 3 is 3.09 bits per heavy atom. The van der Waals surface area contributed by atoms with Crippen LogP contribution in [0.2, 0.25) is 0 Å². The van der Waals surface area contributed by atoms with Crippen LogP contribution >= 0.6 is 0 Å². The summed E-state index contributed by atoms with van der Waals surface area (Å²) >= 11 is 0. The summed E-state index contributed by atoms with van der Waals surface area (Å²) in [6.45, 7) is 3.98. The molecule has 0 spiro atoms. The highest BCUT2D eigenvalue weighted by atomic mass is 16.5. The molecular weight excluding hydrogens is 276 g/mol. The zero-order chi connectivity index (χ0) is 15.2. The van der Waals surface area contributed by atoms with E-state index in [-0.39, 0.29) is 0 Å². The Balaban J connectivity index is 1.46. The number of rotatable bonds is 7. The third-order valence-electron chi connectivity index (χ3n) is 4.81. The van der Waals surface area contributed by atoms with Crippen LogP contribution in [0.5, 0.6) is 5.75 Å². The molecule has 2 unspecified atom stereocenters. The molecule has 1 saturated heterocycles. The van der Waals surface area contributed by atoms with E-state index < -0.39 is 0 Å². The largest absolute Gasteiger partial charge is 0.494 e. The van der Waals surface area contributed by atoms with Crippen LogP contribution in [0, 0.1) is 5.92 Å². The monoisotopic (exact) mass is 302 g/mol. The second kappa shape index (κ2) is 7.63. The number of hydrogen-bond donors (Lipinski definition) is 2. The van der Waals surface area contributed by atoms with Gasteiger partial charge in [0.1, 0.15) is 12.0 Å². The van der Waals surface area contributed by atoms with Crippen molar-refractivity contribution in [3.63, 3.8) is 0 Å². The van der Waals surface area contributed by atoms with Crippen molar-refractivity contribution >= 4 is 12.0 Å². The topological polar surface area (TPSA) is 50.4 Å². The summed E-state index contributed by atoms with van der Waals surface area (Å²) in [6, 6.07) is 6.20. The molecule has 2 atom stereocenters. The summed E-state index contributed by atoms with van der Waals surface area (Å²) in [5.41, 5.74) is 2.37. The fourth-order valence-corrected chi connectivity index (χ4v) is 3.53. The first-order valence-corrected chi connectivity index (χ1v) is 8.52. The molecule has 2 heterocycles. The number of ether oxygens (including phenoxy) is 1. The lowest BCUT2D eigenvalue weighted by molar-refractivity contribution is -0.108. The van der Waals surface area contributed by atoms with Gasteiger partial charge in [-0.2, -0.15) is 0 Å². The molecule has 1 aromatic rings. The number of carbonyl (C=O) groups excluding carboxylic acids is 1. The molecule has 1 fully saturated rings. The fourth-order valence-electron chi connectivity index (χ4n) is 3.53. The van der Waals surface area contributed by atoms with Crippen LogP contribution < -0.4 is 15.4 Å². The maximum absolute atomic E-state index is 10.8. The number of anilines is 1. The molecule has 0 aromatic heterocycles. The van der Waals surface area contributed by atoms with Crippen LogP contribution in [0.4, 0.5) is 5.69 Å². The van der Waals surface area contributed by atoms with Crippen LogP contribution in [0.3, 0.4) is 0 Å². The lowest BCUT2D eigenvalue weighted by Crippen LogP contribution is -2.29. The summed E-state index contributed by atoms with van der Waals surface area (Å²) in [5, 5.41) is 6.81. The van der Waals surface area contributed by atoms with Gasteiger partial charge >= 0.3 is 0 Å². The second-order valence-electron chi connectivity index (χ2n) is 6.43. The van der Waals surface area contributed by atoms with Crippen LogP contribution in [0.1, 0.15) is 43.6 Å². The first-order valence-electron chi connectivity index (χ1n) is 8.52. The Morgan fingerprint density at radius 2 is 2.27 bits per heavy atom. The van der Waals surface area contributed by atoms with Crippen molar-refractivity contribution in [2.24, 2.45) is 5.92 Å². The molecule has 0 aliphatic carbocycles. The van der Waals surface area contributed by atoms with E-state index in [2.05, 4.69) is 22.8 Å². The van der Waals surface area contributed by atoms with Gasteiger partial charge in [-0.3, -0.25) is 0 Å². The molecule has 2 aliphatic rings. The van der Waals surface area contributed by atoms with Gasteiger partial charge in [0, 0.05) is 24.6 Å². The maximum atomic E-state index is 10.8. The molecule has 4 nitrogen and oxygen atoms in total. The van der Waals surface area contributed by atoms with Gasteiger partial charge in [-0.15, -0.1) is 0 Å². The van der Waals surface area contributed by atoms with Crippen LogP contribution in [-0.4, -0.2) is 32.5 Å². The van der Waals surface area contributed by atoms with E-state index in [4.69, 9.17) is 4.74 Å². The van der Waals surface area contributed by atoms with Crippen molar-refractivity contribution in [2.75, 3.05) is 31.6 Å². The normalized spacial score (nSPS) is 23.6. The van der Waals surface area contributed by atoms with Gasteiger partial charge in [-0.05, 0) is 68.5 Å². The number of hydrogen-bond acceptors (Lipinski definition) is 4. The van der Waals surface area contributed by atoms with Crippen LogP contribution in [-0.2, 0) is 4.79 Å². The van der Waals surface area contributed by atoms with E-state index in [1.54, 1.807) is 0 Å². The average molecular weight is 302 g/mol. The summed E-state index contributed by atoms with van der Waals surface area (Å²) in [6.07, 6.45) is 6.60. The molecule has 0 bridgehead atoms. The van der Waals surface area contributed by atoms with Gasteiger partial charge in [0.25, 0.3) is 0 Å². The van der Waals surface area contributed by atoms with Crippen molar-refractivity contribution in [3.8, 4) is 5.75 Å². The third kappa shape index (κ3) is 3.80. The van der Waals surface area contributed by atoms with Crippen LogP contribution in [0.15, 0.2) is 18.2 Å². The molecule has 1 aromatic carbocycles. The Hall–Kier alpha value is -1.55. The standard InChI is InChI=1S/C18H26N2O2/c21-9-7-15-13-20-18-6-5-16(11-17(15)18)22-10-2-4-14-3-1-8-19-12-14/h5-6,9,11,14-15,19-20H,1-4,7-8,10,12-13H2. The van der Waals surface area contributed by atoms with Gasteiger partial charge in [-0.1, -0.05) is 0 Å². The average Bonchev–Trinajstić information content (AvgIpc) is 2.96. The highest BCUT2D eigenvalue weighted by Gasteiger charge is 2.22. The molecule has 120 valence electrons. The first-order chi connectivity index (χ1) is 10.9. The minimum absolute atomic E-state index is 0.296. The quantitative estimate of drug-likeness (QED) is 0.600. The van der Waals surface area contributed by atoms with Gasteiger partial charge in [0.05, 0.1) is 6.61 Å². The lowest BCUT2D eigenvalue weighted by atomic mass is 9.95. The first kappa shape index (κ1) is 15.3. The number of piperidine rings is 1. The van der Waals surface area contributed by atoms with E-state index in [0.29, 0.717) is 12.3 Å². The zero-order valence-electron chi connectivity index (χ0n) is 13.1. The van der Waals surface area contributed by atoms with E-state index >= 15 is 0 Å². The van der Waals surface area contributed by atoms with Crippen molar-refractivity contribution in [3.05, 3.63) is 23.8 Å². The third-order valence-corrected chi connectivity index (χ3v) is 4.81. The molecule has 0 radical (unpaired) electrons. The fraction of sp³-hybridized carbons (Fsp3) is 0.611. The molecule has 2 aliphatic heterocycles. The van der Waals surface area contributed by atoms with Gasteiger partial charge in [0.15, 0.2) is 0 Å². The second-order valence-corrected chi connectivity index (χ2v) is 6.43. The molecular formula is C18H26N2O2. The molecule has 2 N–H and O–H groups in total. The minimum atomic E-state index is 0.296. The number of fused-ring (bicyclic) bond motifs is 1. The smallest absolute Gasteiger partial charge is 0.120 e. The Labute approximate surface area is 132 Å². The molecule has 22 heavy (non-hydrogen) atoms. The van der Waals surface area contributed by atoms with Crippen molar-refractivity contribution in [1.29, 1.82) is 0 Å². The van der Waals surface area contributed by atoms with E-state index in [0.717, 1.165) is 49.8 Å². The lowest BCUT2D eigenvalue weighted by Gasteiger charge is -2.22. The minimum Gasteiger partial charge on any atom is -0.494 e. The number of carbonyl (C=O) groups is 1. The summed E-state index contributed by atoms with van der Waals surface area (Å²) < 4.78 is 5.91. The Kier molecular flexibility index (Phi) is 5.33. The van der Waals surface area contributed by atoms with Gasteiger partial charge in [-0.25, -0.2) is 0 Å². The summed E-state index contributed by atoms with van der Waals surface area (Å²) in [5.74, 6) is 2.04. The number of aldehydes is 1. The summed E-state index contributed by atoms with van der Waals surface area (Å²) in [4.78, 5) is 10.8. The van der Waals surface area contributed by atoms with Crippen LogP contribution in [0.25, 0.3) is 0 Å². The van der Waals surface area contributed by atoms with Gasteiger partial charge in [0.2, 0.25) is 0 Å². The Bertz CT molecular complexity index is 498. The number of benzene rings is 1. The van der Waals surface area contributed by atoms with Crippen molar-refractivity contribution < 1.29 is 9.53 Å². The van der Waals surface area contributed by atoms with E-state index in [1.165, 1.54) is 31.4 Å². The molecule has 4 heteroatoms. The molecule has 0 amide bonds. The highest BCUT2D eigenvalue weighted by Crippen LogP contribution is 2.35. The van der Waals surface area contributed by atoms with E-state index in [9.17, 15) is 4.79 Å². The van der Waals surface area contributed by atoms with Crippen molar-refractivity contribution in [2.45, 2.75) is 38.0 Å². The molecule has 3 rings (SSSR count). The predicted molar refractivity (Wildman–Crippen MR) is 88.7 cm³/mol. The molecule has 0 saturated carbocycles. The maximum Gasteiger partial charge on any atom is 0.120 e. The Morgan fingerprint density at radius 1 is 1.32 bits per heavy atom. The number of nitrogens with one attached hydrogen (secondary N) is 2. The zero-order valence-corrected chi connectivity index (χ0v) is 13.1. The van der Waals surface area contributed by atoms with Gasteiger partial charge < -0.3 is 20.2 Å². The predicted octanol–water partition coefficient (Wildman–Crippen LogP) is 2.94. The van der Waals surface area contributed by atoms with E-state index in [1.807, 2.05) is 6.07 Å². The van der Waals surface area contributed by atoms with Crippen molar-refractivity contribution in [1.82, 2.24) is 5.32 Å².